The summed E-state index contributed by atoms with van der Waals surface area (Å²) in [5.74, 6) is -0.0346. The minimum absolute atomic E-state index is 0.0210. The van der Waals surface area contributed by atoms with Gasteiger partial charge in [-0.15, -0.1) is 0 Å². The first kappa shape index (κ1) is 11.1. The summed E-state index contributed by atoms with van der Waals surface area (Å²) in [5.41, 5.74) is 1.31. The SMILES string of the molecule is CC(=O)C1CC1(O)c1cc(C)c(O)cc1C. The number of rotatable bonds is 2. The molecule has 0 radical (unpaired) electrons. The first-order valence-electron chi connectivity index (χ1n) is 5.40. The van der Waals surface area contributed by atoms with Gasteiger partial charge in [0.1, 0.15) is 17.1 Å². The van der Waals surface area contributed by atoms with E-state index in [-0.39, 0.29) is 17.5 Å². The standard InChI is InChI=1S/C13H16O3/c1-7-5-12(15)8(2)4-10(7)13(16)6-11(13)9(3)14/h4-5,11,15-16H,6H2,1-3H3. The Morgan fingerprint density at radius 1 is 1.38 bits per heavy atom. The van der Waals surface area contributed by atoms with Crippen molar-refractivity contribution in [3.05, 3.63) is 28.8 Å². The van der Waals surface area contributed by atoms with E-state index < -0.39 is 5.60 Å². The van der Waals surface area contributed by atoms with E-state index in [0.29, 0.717) is 6.42 Å². The van der Waals surface area contributed by atoms with Crippen LogP contribution in [0.1, 0.15) is 30.0 Å². The molecule has 86 valence electrons. The smallest absolute Gasteiger partial charge is 0.136 e. The molecule has 2 unspecified atom stereocenters. The largest absolute Gasteiger partial charge is 0.508 e. The molecular formula is C13H16O3. The summed E-state index contributed by atoms with van der Waals surface area (Å²) in [6.07, 6.45) is 0.493. The summed E-state index contributed by atoms with van der Waals surface area (Å²) in [6, 6.07) is 3.41. The van der Waals surface area contributed by atoms with Gasteiger partial charge in [0.05, 0.1) is 5.92 Å². The normalized spacial score (nSPS) is 27.9. The third-order valence-electron chi connectivity index (χ3n) is 3.43. The molecule has 0 saturated heterocycles. The fourth-order valence-corrected chi connectivity index (χ4v) is 2.30. The number of hydrogen-bond acceptors (Lipinski definition) is 3. The van der Waals surface area contributed by atoms with Crippen LogP contribution in [0.4, 0.5) is 0 Å². The molecule has 0 spiro atoms. The second kappa shape index (κ2) is 3.32. The van der Waals surface area contributed by atoms with Gasteiger partial charge in [0.15, 0.2) is 0 Å². The third kappa shape index (κ3) is 1.52. The van der Waals surface area contributed by atoms with E-state index in [2.05, 4.69) is 0 Å². The van der Waals surface area contributed by atoms with Crippen LogP contribution >= 0.6 is 0 Å². The summed E-state index contributed by atoms with van der Waals surface area (Å²) in [6.45, 7) is 5.13. The van der Waals surface area contributed by atoms with E-state index in [1.54, 1.807) is 19.1 Å². The molecule has 1 fully saturated rings. The highest BCUT2D eigenvalue weighted by Crippen LogP contribution is 2.53. The van der Waals surface area contributed by atoms with Crippen LogP contribution in [-0.2, 0) is 10.4 Å². The zero-order valence-corrected chi connectivity index (χ0v) is 9.74. The highest BCUT2D eigenvalue weighted by molar-refractivity contribution is 5.83. The van der Waals surface area contributed by atoms with Crippen molar-refractivity contribution < 1.29 is 15.0 Å². The Balaban J connectivity index is 2.43. The quantitative estimate of drug-likeness (QED) is 0.799. The van der Waals surface area contributed by atoms with Crippen molar-refractivity contribution in [1.29, 1.82) is 0 Å². The number of benzene rings is 1. The lowest BCUT2D eigenvalue weighted by molar-refractivity contribution is -0.119. The van der Waals surface area contributed by atoms with Gasteiger partial charge in [-0.3, -0.25) is 4.79 Å². The minimum atomic E-state index is -1.01. The maximum atomic E-state index is 11.2. The Kier molecular flexibility index (Phi) is 2.31. The van der Waals surface area contributed by atoms with E-state index >= 15 is 0 Å². The first-order chi connectivity index (χ1) is 7.36. The molecule has 16 heavy (non-hydrogen) atoms. The summed E-state index contributed by atoms with van der Waals surface area (Å²) in [5, 5.41) is 19.9. The van der Waals surface area contributed by atoms with Crippen molar-refractivity contribution in [2.45, 2.75) is 32.8 Å². The maximum absolute atomic E-state index is 11.2. The third-order valence-corrected chi connectivity index (χ3v) is 3.43. The zero-order chi connectivity index (χ0) is 12.1. The lowest BCUT2D eigenvalue weighted by Gasteiger charge is -2.15. The second-order valence-corrected chi connectivity index (χ2v) is 4.75. The molecule has 2 N–H and O–H groups in total. The molecule has 1 aliphatic rings. The van der Waals surface area contributed by atoms with Gasteiger partial charge in [-0.25, -0.2) is 0 Å². The fourth-order valence-electron chi connectivity index (χ4n) is 2.30. The lowest BCUT2D eigenvalue weighted by Crippen LogP contribution is -2.14. The monoisotopic (exact) mass is 220 g/mol. The number of carbonyl (C=O) groups excluding carboxylic acids is 1. The molecule has 0 aromatic heterocycles. The molecule has 1 aromatic rings. The number of ketones is 1. The molecule has 0 heterocycles. The number of carbonyl (C=O) groups is 1. The first-order valence-corrected chi connectivity index (χ1v) is 5.40. The van der Waals surface area contributed by atoms with Crippen LogP contribution in [0, 0.1) is 19.8 Å². The molecule has 0 bridgehead atoms. The van der Waals surface area contributed by atoms with Gasteiger partial charge in [0.2, 0.25) is 0 Å². The Hall–Kier alpha value is -1.35. The average Bonchev–Trinajstić information content (AvgIpc) is 2.86. The van der Waals surface area contributed by atoms with Crippen LogP contribution in [0.15, 0.2) is 12.1 Å². The van der Waals surface area contributed by atoms with Crippen molar-refractivity contribution in [1.82, 2.24) is 0 Å². The number of phenolic OH excluding ortho intramolecular Hbond substituents is 1. The van der Waals surface area contributed by atoms with Crippen molar-refractivity contribution in [3.8, 4) is 5.75 Å². The molecule has 0 aliphatic heterocycles. The van der Waals surface area contributed by atoms with Gasteiger partial charge in [-0.1, -0.05) is 0 Å². The Labute approximate surface area is 94.7 Å². The predicted molar refractivity (Wildman–Crippen MR) is 60.3 cm³/mol. The summed E-state index contributed by atoms with van der Waals surface area (Å²) in [7, 11) is 0. The van der Waals surface area contributed by atoms with Gasteiger partial charge >= 0.3 is 0 Å². The summed E-state index contributed by atoms with van der Waals surface area (Å²) < 4.78 is 0. The summed E-state index contributed by atoms with van der Waals surface area (Å²) >= 11 is 0. The summed E-state index contributed by atoms with van der Waals surface area (Å²) in [4.78, 5) is 11.2. The minimum Gasteiger partial charge on any atom is -0.508 e. The zero-order valence-electron chi connectivity index (χ0n) is 9.74. The van der Waals surface area contributed by atoms with Crippen molar-refractivity contribution in [2.75, 3.05) is 0 Å². The predicted octanol–water partition coefficient (Wildman–Crippen LogP) is 1.81. The van der Waals surface area contributed by atoms with Gasteiger partial charge in [-0.2, -0.15) is 0 Å². The molecule has 1 aliphatic carbocycles. The number of Topliss-reactive ketones (excluding diaryl/α,β-unsaturated/α-hetero) is 1. The molecule has 0 amide bonds. The van der Waals surface area contributed by atoms with Crippen molar-refractivity contribution >= 4 is 5.78 Å². The second-order valence-electron chi connectivity index (χ2n) is 4.75. The number of hydrogen-bond donors (Lipinski definition) is 2. The number of phenols is 1. The molecule has 1 saturated carbocycles. The maximum Gasteiger partial charge on any atom is 0.136 e. The van der Waals surface area contributed by atoms with Gasteiger partial charge < -0.3 is 10.2 Å². The van der Waals surface area contributed by atoms with Crippen LogP contribution in [0.3, 0.4) is 0 Å². The van der Waals surface area contributed by atoms with E-state index in [4.69, 9.17) is 0 Å². The number of aromatic hydroxyl groups is 1. The van der Waals surface area contributed by atoms with E-state index in [0.717, 1.165) is 16.7 Å². The van der Waals surface area contributed by atoms with Gasteiger partial charge in [-0.05, 0) is 56.0 Å². The molecule has 3 nitrogen and oxygen atoms in total. The highest BCUT2D eigenvalue weighted by atomic mass is 16.3. The van der Waals surface area contributed by atoms with Gasteiger partial charge in [0.25, 0.3) is 0 Å². The fraction of sp³-hybridized carbons (Fsp3) is 0.462. The van der Waals surface area contributed by atoms with Crippen molar-refractivity contribution in [3.63, 3.8) is 0 Å². The van der Waals surface area contributed by atoms with Gasteiger partial charge in [0, 0.05) is 0 Å². The van der Waals surface area contributed by atoms with Crippen LogP contribution in [-0.4, -0.2) is 16.0 Å². The Bertz CT molecular complexity index is 464. The highest BCUT2D eigenvalue weighted by Gasteiger charge is 2.57. The van der Waals surface area contributed by atoms with Crippen LogP contribution in [0.5, 0.6) is 5.75 Å². The van der Waals surface area contributed by atoms with Crippen LogP contribution in [0.2, 0.25) is 0 Å². The Morgan fingerprint density at radius 3 is 2.50 bits per heavy atom. The van der Waals surface area contributed by atoms with E-state index in [1.807, 2.05) is 6.92 Å². The van der Waals surface area contributed by atoms with Crippen LogP contribution < -0.4 is 0 Å². The topological polar surface area (TPSA) is 57.5 Å². The molecule has 3 heteroatoms. The lowest BCUT2D eigenvalue weighted by atomic mass is 9.96. The van der Waals surface area contributed by atoms with Crippen molar-refractivity contribution in [2.24, 2.45) is 5.92 Å². The molecule has 2 rings (SSSR count). The average molecular weight is 220 g/mol. The number of aliphatic hydroxyl groups is 1. The number of aryl methyl sites for hydroxylation is 2. The molecule has 1 aromatic carbocycles. The molecule has 2 atom stereocenters. The van der Waals surface area contributed by atoms with Crippen LogP contribution in [0.25, 0.3) is 0 Å². The molecular weight excluding hydrogens is 204 g/mol. The Morgan fingerprint density at radius 2 is 2.00 bits per heavy atom. The van der Waals surface area contributed by atoms with E-state index in [1.165, 1.54) is 6.92 Å². The van der Waals surface area contributed by atoms with E-state index in [9.17, 15) is 15.0 Å².